The molecule has 1 atom stereocenters. The van der Waals surface area contributed by atoms with Crippen LogP contribution < -0.4 is 5.32 Å². The van der Waals surface area contributed by atoms with Gasteiger partial charge in [0.05, 0.1) is 30.3 Å². The van der Waals surface area contributed by atoms with Crippen molar-refractivity contribution in [3.63, 3.8) is 0 Å². The first-order chi connectivity index (χ1) is 11.7. The van der Waals surface area contributed by atoms with E-state index in [1.165, 1.54) is 6.20 Å². The van der Waals surface area contributed by atoms with E-state index >= 15 is 0 Å². The van der Waals surface area contributed by atoms with Crippen molar-refractivity contribution in [2.45, 2.75) is 39.3 Å². The molecule has 134 valence electrons. The zero-order chi connectivity index (χ0) is 18.6. The highest BCUT2D eigenvalue weighted by Crippen LogP contribution is 2.22. The summed E-state index contributed by atoms with van der Waals surface area (Å²) in [6, 6.07) is 7.43. The molecule has 1 amide bonds. The number of nitrogens with one attached hydrogen (secondary N) is 1. The Morgan fingerprint density at radius 1 is 1.36 bits per heavy atom. The van der Waals surface area contributed by atoms with Crippen LogP contribution in [0, 0.1) is 5.92 Å². The smallest absolute Gasteiger partial charge is 0.305 e. The molecule has 1 aromatic heterocycles. The van der Waals surface area contributed by atoms with Crippen LogP contribution >= 0.6 is 11.6 Å². The third-order valence-corrected chi connectivity index (χ3v) is 4.75. The van der Waals surface area contributed by atoms with Gasteiger partial charge in [0.1, 0.15) is 0 Å². The second-order valence-electron chi connectivity index (χ2n) is 6.61. The molecule has 0 fully saturated rings. The number of aromatic nitrogens is 2. The summed E-state index contributed by atoms with van der Waals surface area (Å²) in [4.78, 5) is 23.6. The molecular formula is C18H22ClN3O3. The van der Waals surface area contributed by atoms with Crippen molar-refractivity contribution in [2.24, 2.45) is 5.92 Å². The number of halogens is 1. The molecule has 0 bridgehead atoms. The molecule has 0 aliphatic rings. The molecule has 1 heterocycles. The summed E-state index contributed by atoms with van der Waals surface area (Å²) in [5.41, 5.74) is 0.440. The number of hydrogen-bond acceptors (Lipinski definition) is 3. The van der Waals surface area contributed by atoms with Crippen LogP contribution in [0.2, 0.25) is 5.02 Å². The number of benzene rings is 1. The minimum atomic E-state index is -0.953. The van der Waals surface area contributed by atoms with Gasteiger partial charge in [0.2, 0.25) is 0 Å². The van der Waals surface area contributed by atoms with Crippen LogP contribution in [0.1, 0.15) is 43.1 Å². The fourth-order valence-electron chi connectivity index (χ4n) is 2.41. The Hall–Kier alpha value is -2.34. The molecule has 0 aliphatic carbocycles. The fraction of sp³-hybridized carbons (Fsp3) is 0.389. The van der Waals surface area contributed by atoms with E-state index in [2.05, 4.69) is 10.4 Å². The maximum absolute atomic E-state index is 12.5. The zero-order valence-electron chi connectivity index (χ0n) is 14.5. The average Bonchev–Trinajstić information content (AvgIpc) is 2.97. The van der Waals surface area contributed by atoms with E-state index in [0.717, 1.165) is 5.56 Å². The summed E-state index contributed by atoms with van der Waals surface area (Å²) < 4.78 is 1.63. The Balaban J connectivity index is 2.12. The number of carbonyl (C=O) groups is 2. The second kappa shape index (κ2) is 7.70. The summed E-state index contributed by atoms with van der Waals surface area (Å²) in [5.74, 6) is -1.33. The molecule has 0 aliphatic heterocycles. The van der Waals surface area contributed by atoms with E-state index < -0.39 is 11.5 Å². The van der Waals surface area contributed by atoms with E-state index in [0.29, 0.717) is 17.1 Å². The van der Waals surface area contributed by atoms with Gasteiger partial charge in [0, 0.05) is 11.2 Å². The van der Waals surface area contributed by atoms with E-state index in [-0.39, 0.29) is 18.2 Å². The van der Waals surface area contributed by atoms with Gasteiger partial charge in [-0.1, -0.05) is 43.6 Å². The van der Waals surface area contributed by atoms with Crippen LogP contribution in [0.15, 0.2) is 36.7 Å². The molecule has 7 heteroatoms. The highest BCUT2D eigenvalue weighted by Gasteiger charge is 2.33. The predicted octanol–water partition coefficient (Wildman–Crippen LogP) is 3.20. The normalized spacial score (nSPS) is 13.5. The quantitative estimate of drug-likeness (QED) is 0.791. The summed E-state index contributed by atoms with van der Waals surface area (Å²) in [6.45, 7) is 5.94. The lowest BCUT2D eigenvalue weighted by atomic mass is 9.85. The molecule has 0 saturated heterocycles. The monoisotopic (exact) mass is 363 g/mol. The van der Waals surface area contributed by atoms with E-state index in [9.17, 15) is 9.59 Å². The van der Waals surface area contributed by atoms with Crippen molar-refractivity contribution in [1.82, 2.24) is 15.1 Å². The zero-order valence-corrected chi connectivity index (χ0v) is 15.2. The highest BCUT2D eigenvalue weighted by atomic mass is 35.5. The van der Waals surface area contributed by atoms with Crippen molar-refractivity contribution in [3.05, 3.63) is 52.8 Å². The maximum atomic E-state index is 12.5. The first kappa shape index (κ1) is 19.0. The molecule has 6 nitrogen and oxygen atoms in total. The first-order valence-electron chi connectivity index (χ1n) is 8.01. The van der Waals surface area contributed by atoms with E-state index in [4.69, 9.17) is 16.7 Å². The summed E-state index contributed by atoms with van der Waals surface area (Å²) in [6.07, 6.45) is 2.94. The first-order valence-corrected chi connectivity index (χ1v) is 8.39. The van der Waals surface area contributed by atoms with Gasteiger partial charge in [0.25, 0.3) is 5.91 Å². The van der Waals surface area contributed by atoms with E-state index in [1.807, 2.05) is 32.0 Å². The molecule has 0 saturated carbocycles. The molecule has 0 radical (unpaired) electrons. The van der Waals surface area contributed by atoms with Gasteiger partial charge in [0.15, 0.2) is 0 Å². The number of rotatable bonds is 7. The van der Waals surface area contributed by atoms with Gasteiger partial charge in [-0.05, 0) is 24.5 Å². The predicted molar refractivity (Wildman–Crippen MR) is 95.7 cm³/mol. The summed E-state index contributed by atoms with van der Waals surface area (Å²) in [5, 5.41) is 16.8. The van der Waals surface area contributed by atoms with Gasteiger partial charge >= 0.3 is 5.97 Å². The Bertz CT molecular complexity index is 772. The van der Waals surface area contributed by atoms with Crippen LogP contribution in [0.5, 0.6) is 0 Å². The minimum absolute atomic E-state index is 0.0364. The van der Waals surface area contributed by atoms with Crippen molar-refractivity contribution >= 4 is 23.5 Å². The number of amides is 1. The molecule has 1 aromatic carbocycles. The molecule has 2 aromatic rings. The highest BCUT2D eigenvalue weighted by molar-refractivity contribution is 6.31. The van der Waals surface area contributed by atoms with Crippen LogP contribution in [-0.4, -0.2) is 32.3 Å². The lowest BCUT2D eigenvalue weighted by molar-refractivity contribution is -0.138. The second-order valence-corrected chi connectivity index (χ2v) is 7.02. The standard InChI is InChI=1S/C18H22ClN3O3/c1-12(2)18(3,8-16(23)24)21-17(25)14-9-20-22(11-14)10-13-6-4-5-7-15(13)19/h4-7,9,11-12H,8,10H2,1-3H3,(H,21,25)(H,23,24). The topological polar surface area (TPSA) is 84.2 Å². The molecular weight excluding hydrogens is 342 g/mol. The number of aliphatic carboxylic acids is 1. The third kappa shape index (κ3) is 4.82. The average molecular weight is 364 g/mol. The Morgan fingerprint density at radius 2 is 2.04 bits per heavy atom. The lowest BCUT2D eigenvalue weighted by Crippen LogP contribution is -2.51. The molecule has 25 heavy (non-hydrogen) atoms. The molecule has 1 unspecified atom stereocenters. The number of nitrogens with zero attached hydrogens (tertiary/aromatic N) is 2. The van der Waals surface area contributed by atoms with Crippen LogP contribution in [0.25, 0.3) is 0 Å². The Labute approximate surface area is 151 Å². The van der Waals surface area contributed by atoms with Crippen LogP contribution in [-0.2, 0) is 11.3 Å². The van der Waals surface area contributed by atoms with E-state index in [1.54, 1.807) is 23.9 Å². The van der Waals surface area contributed by atoms with Crippen molar-refractivity contribution < 1.29 is 14.7 Å². The van der Waals surface area contributed by atoms with Gasteiger partial charge in [-0.2, -0.15) is 5.10 Å². The minimum Gasteiger partial charge on any atom is -0.481 e. The van der Waals surface area contributed by atoms with Crippen molar-refractivity contribution in [3.8, 4) is 0 Å². The Morgan fingerprint density at radius 3 is 2.64 bits per heavy atom. The number of carboxylic acid groups (broad SMARTS) is 1. The fourth-order valence-corrected chi connectivity index (χ4v) is 2.60. The van der Waals surface area contributed by atoms with Gasteiger partial charge < -0.3 is 10.4 Å². The molecule has 0 spiro atoms. The number of carboxylic acids is 1. The van der Waals surface area contributed by atoms with Gasteiger partial charge in [-0.3, -0.25) is 14.3 Å². The summed E-state index contributed by atoms with van der Waals surface area (Å²) >= 11 is 6.14. The van der Waals surface area contributed by atoms with Gasteiger partial charge in [-0.15, -0.1) is 0 Å². The van der Waals surface area contributed by atoms with Crippen molar-refractivity contribution in [1.29, 1.82) is 0 Å². The lowest BCUT2D eigenvalue weighted by Gasteiger charge is -2.33. The van der Waals surface area contributed by atoms with Crippen molar-refractivity contribution in [2.75, 3.05) is 0 Å². The van der Waals surface area contributed by atoms with Crippen LogP contribution in [0.3, 0.4) is 0 Å². The Kier molecular flexibility index (Phi) is 5.85. The largest absolute Gasteiger partial charge is 0.481 e. The SMILES string of the molecule is CC(C)C(C)(CC(=O)O)NC(=O)c1cnn(Cc2ccccc2Cl)c1. The number of carbonyl (C=O) groups excluding carboxylic acids is 1. The third-order valence-electron chi connectivity index (χ3n) is 4.38. The van der Waals surface area contributed by atoms with Gasteiger partial charge in [-0.25, -0.2) is 0 Å². The maximum Gasteiger partial charge on any atom is 0.305 e. The molecule has 2 rings (SSSR count). The summed E-state index contributed by atoms with van der Waals surface area (Å²) in [7, 11) is 0. The molecule has 2 N–H and O–H groups in total. The van der Waals surface area contributed by atoms with Crippen LogP contribution in [0.4, 0.5) is 0 Å². The number of hydrogen-bond donors (Lipinski definition) is 2.